The summed E-state index contributed by atoms with van der Waals surface area (Å²) in [5.74, 6) is 0.777. The molecule has 5 heteroatoms. The van der Waals surface area contributed by atoms with Crippen LogP contribution in [-0.4, -0.2) is 13.3 Å². The van der Waals surface area contributed by atoms with Gasteiger partial charge in [-0.1, -0.05) is 45.2 Å². The highest BCUT2D eigenvalue weighted by Gasteiger charge is 2.02. The highest BCUT2D eigenvalue weighted by Crippen LogP contribution is 2.23. The summed E-state index contributed by atoms with van der Waals surface area (Å²) in [7, 11) is 1.64. The largest absolute Gasteiger partial charge is 0.496 e. The molecule has 0 aliphatic heterocycles. The second-order valence-corrected chi connectivity index (χ2v) is 5.85. The number of rotatable bonds is 4. The number of hydrogen-bond donors (Lipinski definition) is 0. The molecular formula is C15H12BrCl2NO. The molecule has 0 unspecified atom stereocenters. The first-order valence-corrected chi connectivity index (χ1v) is 7.42. The lowest BCUT2D eigenvalue weighted by molar-refractivity contribution is 0.414. The van der Waals surface area contributed by atoms with E-state index in [0.29, 0.717) is 16.6 Å². The molecule has 0 aromatic heterocycles. The molecular weight excluding hydrogens is 361 g/mol. The van der Waals surface area contributed by atoms with Gasteiger partial charge in [0.1, 0.15) is 5.75 Å². The Kier molecular flexibility index (Phi) is 5.46. The third-order valence-electron chi connectivity index (χ3n) is 2.70. The average Bonchev–Trinajstić information content (AvgIpc) is 2.41. The zero-order valence-corrected chi connectivity index (χ0v) is 13.8. The van der Waals surface area contributed by atoms with Crippen LogP contribution >= 0.6 is 39.1 Å². The second-order valence-electron chi connectivity index (χ2n) is 4.09. The van der Waals surface area contributed by atoms with Crippen LogP contribution in [0.15, 0.2) is 45.9 Å². The van der Waals surface area contributed by atoms with Crippen LogP contribution in [0.2, 0.25) is 10.0 Å². The standard InChI is InChI=1S/C15H12BrCl2NO/c1-20-15-5-3-12(16)6-11(15)9-19-8-10-2-4-13(17)7-14(10)18/h2-7,9H,8H2,1H3. The Labute approximate surface area is 136 Å². The van der Waals surface area contributed by atoms with Crippen LogP contribution in [0.5, 0.6) is 5.75 Å². The van der Waals surface area contributed by atoms with Crippen molar-refractivity contribution in [1.82, 2.24) is 0 Å². The van der Waals surface area contributed by atoms with Crippen LogP contribution in [-0.2, 0) is 6.54 Å². The van der Waals surface area contributed by atoms with Gasteiger partial charge in [0.15, 0.2) is 0 Å². The smallest absolute Gasteiger partial charge is 0.127 e. The van der Waals surface area contributed by atoms with Crippen molar-refractivity contribution in [3.05, 3.63) is 62.0 Å². The average molecular weight is 373 g/mol. The quantitative estimate of drug-likeness (QED) is 0.660. The lowest BCUT2D eigenvalue weighted by Crippen LogP contribution is -1.91. The molecule has 0 atom stereocenters. The van der Waals surface area contributed by atoms with Gasteiger partial charge in [-0.05, 0) is 35.9 Å². The van der Waals surface area contributed by atoms with Crippen molar-refractivity contribution >= 4 is 45.3 Å². The Morgan fingerprint density at radius 3 is 2.70 bits per heavy atom. The molecule has 0 heterocycles. The maximum Gasteiger partial charge on any atom is 0.127 e. The molecule has 2 aromatic rings. The highest BCUT2D eigenvalue weighted by atomic mass is 79.9. The zero-order valence-electron chi connectivity index (χ0n) is 10.7. The van der Waals surface area contributed by atoms with Gasteiger partial charge in [0, 0.05) is 26.3 Å². The van der Waals surface area contributed by atoms with E-state index in [2.05, 4.69) is 20.9 Å². The molecule has 0 amide bonds. The van der Waals surface area contributed by atoms with Gasteiger partial charge in [-0.15, -0.1) is 0 Å². The molecule has 2 nitrogen and oxygen atoms in total. The molecule has 2 rings (SSSR count). The molecule has 0 saturated carbocycles. The third-order valence-corrected chi connectivity index (χ3v) is 3.78. The molecule has 0 bridgehead atoms. The van der Waals surface area contributed by atoms with E-state index in [-0.39, 0.29) is 0 Å². The lowest BCUT2D eigenvalue weighted by atomic mass is 10.2. The number of hydrogen-bond acceptors (Lipinski definition) is 2. The summed E-state index contributed by atoms with van der Waals surface area (Å²) in [4.78, 5) is 4.40. The Hall–Kier alpha value is -1.03. The van der Waals surface area contributed by atoms with E-state index in [0.717, 1.165) is 21.3 Å². The van der Waals surface area contributed by atoms with Crippen LogP contribution in [0, 0.1) is 0 Å². The van der Waals surface area contributed by atoms with Crippen molar-refractivity contribution in [2.24, 2.45) is 4.99 Å². The number of nitrogens with zero attached hydrogens (tertiary/aromatic N) is 1. The van der Waals surface area contributed by atoms with Crippen LogP contribution in [0.25, 0.3) is 0 Å². The predicted molar refractivity (Wildman–Crippen MR) is 88.5 cm³/mol. The van der Waals surface area contributed by atoms with Crippen LogP contribution in [0.4, 0.5) is 0 Å². The van der Waals surface area contributed by atoms with E-state index in [1.54, 1.807) is 25.5 Å². The summed E-state index contributed by atoms with van der Waals surface area (Å²) in [6.45, 7) is 0.492. The van der Waals surface area contributed by atoms with Crippen molar-refractivity contribution in [3.8, 4) is 5.75 Å². The second kappa shape index (κ2) is 7.11. The number of ether oxygens (including phenoxy) is 1. The van der Waals surface area contributed by atoms with E-state index in [4.69, 9.17) is 27.9 Å². The molecule has 0 aliphatic carbocycles. The van der Waals surface area contributed by atoms with Crippen molar-refractivity contribution in [1.29, 1.82) is 0 Å². The Balaban J connectivity index is 2.16. The maximum atomic E-state index is 6.10. The van der Waals surface area contributed by atoms with Crippen molar-refractivity contribution in [2.75, 3.05) is 7.11 Å². The molecule has 2 aromatic carbocycles. The minimum absolute atomic E-state index is 0.492. The number of methoxy groups -OCH3 is 1. The monoisotopic (exact) mass is 371 g/mol. The van der Waals surface area contributed by atoms with Crippen molar-refractivity contribution in [2.45, 2.75) is 6.54 Å². The molecule has 0 spiro atoms. The van der Waals surface area contributed by atoms with Crippen molar-refractivity contribution < 1.29 is 4.74 Å². The number of benzene rings is 2. The van der Waals surface area contributed by atoms with Crippen LogP contribution in [0.1, 0.15) is 11.1 Å². The van der Waals surface area contributed by atoms with E-state index in [1.165, 1.54) is 0 Å². The van der Waals surface area contributed by atoms with Gasteiger partial charge < -0.3 is 4.74 Å². The molecule has 0 fully saturated rings. The summed E-state index contributed by atoms with van der Waals surface area (Å²) in [5, 5.41) is 1.24. The summed E-state index contributed by atoms with van der Waals surface area (Å²) >= 11 is 15.4. The SMILES string of the molecule is COc1ccc(Br)cc1C=NCc1ccc(Cl)cc1Cl. The van der Waals surface area contributed by atoms with Crippen LogP contribution < -0.4 is 4.74 Å². The first kappa shape index (κ1) is 15.4. The van der Waals surface area contributed by atoms with E-state index in [1.807, 2.05) is 24.3 Å². The number of halogens is 3. The fourth-order valence-electron chi connectivity index (χ4n) is 1.70. The number of aliphatic imine (C=N–C) groups is 1. The van der Waals surface area contributed by atoms with Gasteiger partial charge in [0.25, 0.3) is 0 Å². The normalized spacial score (nSPS) is 11.0. The summed E-state index contributed by atoms with van der Waals surface area (Å²) in [5.41, 5.74) is 1.84. The van der Waals surface area contributed by atoms with E-state index in [9.17, 15) is 0 Å². The van der Waals surface area contributed by atoms with Gasteiger partial charge in [-0.2, -0.15) is 0 Å². The third kappa shape index (κ3) is 3.98. The predicted octanol–water partition coefficient (Wildman–Crippen LogP) is 5.38. The fraction of sp³-hybridized carbons (Fsp3) is 0.133. The van der Waals surface area contributed by atoms with Gasteiger partial charge in [-0.3, -0.25) is 4.99 Å². The Morgan fingerprint density at radius 1 is 1.20 bits per heavy atom. The summed E-state index contributed by atoms with van der Waals surface area (Å²) in [6.07, 6.45) is 1.77. The van der Waals surface area contributed by atoms with Gasteiger partial charge in [-0.25, -0.2) is 0 Å². The lowest BCUT2D eigenvalue weighted by Gasteiger charge is -2.05. The minimum atomic E-state index is 0.492. The zero-order chi connectivity index (χ0) is 14.5. The molecule has 0 radical (unpaired) electrons. The molecule has 0 N–H and O–H groups in total. The molecule has 0 saturated heterocycles. The minimum Gasteiger partial charge on any atom is -0.496 e. The molecule has 20 heavy (non-hydrogen) atoms. The molecule has 104 valence electrons. The first-order chi connectivity index (χ1) is 9.60. The topological polar surface area (TPSA) is 21.6 Å². The first-order valence-electron chi connectivity index (χ1n) is 5.87. The maximum absolute atomic E-state index is 6.10. The highest BCUT2D eigenvalue weighted by molar-refractivity contribution is 9.10. The van der Waals surface area contributed by atoms with Crippen LogP contribution in [0.3, 0.4) is 0 Å². The van der Waals surface area contributed by atoms with Gasteiger partial charge >= 0.3 is 0 Å². The summed E-state index contributed by atoms with van der Waals surface area (Å²) < 4.78 is 6.26. The van der Waals surface area contributed by atoms with Crippen molar-refractivity contribution in [3.63, 3.8) is 0 Å². The van der Waals surface area contributed by atoms with E-state index >= 15 is 0 Å². The summed E-state index contributed by atoms with van der Waals surface area (Å²) in [6, 6.07) is 11.2. The van der Waals surface area contributed by atoms with Gasteiger partial charge in [0.05, 0.1) is 13.7 Å². The molecule has 0 aliphatic rings. The fourth-order valence-corrected chi connectivity index (χ4v) is 2.55. The Morgan fingerprint density at radius 2 is 2.00 bits per heavy atom. The van der Waals surface area contributed by atoms with Gasteiger partial charge in [0.2, 0.25) is 0 Å². The van der Waals surface area contributed by atoms with E-state index < -0.39 is 0 Å². The Bertz CT molecular complexity index is 644.